The Morgan fingerprint density at radius 3 is 2.24 bits per heavy atom. The number of piperidine rings is 1. The summed E-state index contributed by atoms with van der Waals surface area (Å²) in [6.45, 7) is 5.23. The summed E-state index contributed by atoms with van der Waals surface area (Å²) in [4.78, 5) is 27.1. The number of hydrogen-bond donors (Lipinski definition) is 1. The lowest BCUT2D eigenvalue weighted by atomic mass is 10.0. The van der Waals surface area contributed by atoms with Crippen molar-refractivity contribution in [2.75, 3.05) is 32.7 Å². The van der Waals surface area contributed by atoms with E-state index in [2.05, 4.69) is 5.32 Å². The topological polar surface area (TPSA) is 52.7 Å². The quantitative estimate of drug-likeness (QED) is 0.690. The van der Waals surface area contributed by atoms with E-state index in [9.17, 15) is 9.59 Å². The molecule has 0 aromatic rings. The number of amides is 2. The Labute approximate surface area is 102 Å². The molecule has 2 saturated heterocycles. The fraction of sp³-hybridized carbons (Fsp3) is 0.833. The van der Waals surface area contributed by atoms with E-state index in [1.54, 1.807) is 11.8 Å². The SMILES string of the molecule is CC(=O)N1CCN(C(=O)C2CCCCN2)CC1. The average Bonchev–Trinajstić information content (AvgIpc) is 2.39. The van der Waals surface area contributed by atoms with Crippen LogP contribution in [0.25, 0.3) is 0 Å². The predicted molar refractivity (Wildman–Crippen MR) is 64.5 cm³/mol. The average molecular weight is 239 g/mol. The monoisotopic (exact) mass is 239 g/mol. The Bertz CT molecular complexity index is 292. The molecule has 5 heteroatoms. The Balaban J connectivity index is 1.83. The molecule has 5 nitrogen and oxygen atoms in total. The second-order valence-electron chi connectivity index (χ2n) is 4.83. The zero-order valence-electron chi connectivity index (χ0n) is 10.4. The summed E-state index contributed by atoms with van der Waals surface area (Å²) in [5.74, 6) is 0.320. The fourth-order valence-corrected chi connectivity index (χ4v) is 2.52. The lowest BCUT2D eigenvalue weighted by Gasteiger charge is -2.36. The van der Waals surface area contributed by atoms with Crippen LogP contribution in [0.3, 0.4) is 0 Å². The molecule has 96 valence electrons. The van der Waals surface area contributed by atoms with Gasteiger partial charge in [0.1, 0.15) is 0 Å². The van der Waals surface area contributed by atoms with Crippen LogP contribution in [0.4, 0.5) is 0 Å². The van der Waals surface area contributed by atoms with Gasteiger partial charge in [-0.15, -0.1) is 0 Å². The number of piperazine rings is 1. The first kappa shape index (κ1) is 12.4. The van der Waals surface area contributed by atoms with Crippen LogP contribution >= 0.6 is 0 Å². The van der Waals surface area contributed by atoms with Gasteiger partial charge in [-0.25, -0.2) is 0 Å². The molecule has 2 heterocycles. The highest BCUT2D eigenvalue weighted by Gasteiger charge is 2.28. The summed E-state index contributed by atoms with van der Waals surface area (Å²) in [6.07, 6.45) is 3.25. The van der Waals surface area contributed by atoms with Gasteiger partial charge in [0.25, 0.3) is 0 Å². The molecule has 17 heavy (non-hydrogen) atoms. The summed E-state index contributed by atoms with van der Waals surface area (Å²) < 4.78 is 0. The van der Waals surface area contributed by atoms with Crippen molar-refractivity contribution in [2.45, 2.75) is 32.2 Å². The van der Waals surface area contributed by atoms with Crippen LogP contribution in [0.2, 0.25) is 0 Å². The van der Waals surface area contributed by atoms with Gasteiger partial charge in [-0.3, -0.25) is 9.59 Å². The molecule has 0 saturated carbocycles. The minimum Gasteiger partial charge on any atom is -0.339 e. The lowest BCUT2D eigenvalue weighted by molar-refractivity contribution is -0.140. The van der Waals surface area contributed by atoms with Crippen molar-refractivity contribution in [3.05, 3.63) is 0 Å². The van der Waals surface area contributed by atoms with Gasteiger partial charge < -0.3 is 15.1 Å². The molecule has 2 rings (SSSR count). The number of rotatable bonds is 1. The molecule has 0 aliphatic carbocycles. The highest BCUT2D eigenvalue weighted by molar-refractivity contribution is 5.82. The van der Waals surface area contributed by atoms with E-state index in [-0.39, 0.29) is 17.9 Å². The summed E-state index contributed by atoms with van der Waals surface area (Å²) in [5, 5.41) is 3.28. The van der Waals surface area contributed by atoms with E-state index in [1.807, 2.05) is 4.90 Å². The molecule has 1 N–H and O–H groups in total. The van der Waals surface area contributed by atoms with Gasteiger partial charge in [-0.1, -0.05) is 6.42 Å². The molecule has 2 amide bonds. The van der Waals surface area contributed by atoms with Crippen molar-refractivity contribution < 1.29 is 9.59 Å². The molecule has 0 radical (unpaired) electrons. The first-order chi connectivity index (χ1) is 8.18. The van der Waals surface area contributed by atoms with Crippen LogP contribution in [0.15, 0.2) is 0 Å². The molecule has 0 aromatic heterocycles. The molecule has 1 atom stereocenters. The Morgan fingerprint density at radius 1 is 1.06 bits per heavy atom. The maximum Gasteiger partial charge on any atom is 0.239 e. The van der Waals surface area contributed by atoms with Crippen molar-refractivity contribution in [3.8, 4) is 0 Å². The number of carbonyl (C=O) groups is 2. The Hall–Kier alpha value is -1.10. The minimum atomic E-state index is 0.00706. The van der Waals surface area contributed by atoms with Gasteiger partial charge in [0, 0.05) is 33.1 Å². The maximum atomic E-state index is 12.2. The third kappa shape index (κ3) is 2.97. The molecule has 2 aliphatic rings. The van der Waals surface area contributed by atoms with Gasteiger partial charge >= 0.3 is 0 Å². The normalized spacial score (nSPS) is 25.8. The zero-order chi connectivity index (χ0) is 12.3. The van der Waals surface area contributed by atoms with Gasteiger partial charge in [0.15, 0.2) is 0 Å². The van der Waals surface area contributed by atoms with Gasteiger partial charge in [-0.2, -0.15) is 0 Å². The number of carbonyl (C=O) groups excluding carboxylic acids is 2. The van der Waals surface area contributed by atoms with Crippen LogP contribution in [-0.2, 0) is 9.59 Å². The Morgan fingerprint density at radius 2 is 1.71 bits per heavy atom. The molecule has 2 aliphatic heterocycles. The highest BCUT2D eigenvalue weighted by atomic mass is 16.2. The molecule has 0 aromatic carbocycles. The standard InChI is InChI=1S/C12H21N3O2/c1-10(16)14-6-8-15(9-7-14)12(17)11-4-2-3-5-13-11/h11,13H,2-9H2,1H3. The summed E-state index contributed by atoms with van der Waals surface area (Å²) in [7, 11) is 0. The van der Waals surface area contributed by atoms with Crippen LogP contribution in [0.5, 0.6) is 0 Å². The molecule has 2 fully saturated rings. The molecule has 0 spiro atoms. The largest absolute Gasteiger partial charge is 0.339 e. The number of nitrogens with one attached hydrogen (secondary N) is 1. The van der Waals surface area contributed by atoms with Crippen molar-refractivity contribution in [2.24, 2.45) is 0 Å². The lowest BCUT2D eigenvalue weighted by Crippen LogP contribution is -2.55. The first-order valence-electron chi connectivity index (χ1n) is 6.46. The summed E-state index contributed by atoms with van der Waals surface area (Å²) in [6, 6.07) is 0.00706. The zero-order valence-corrected chi connectivity index (χ0v) is 10.4. The summed E-state index contributed by atoms with van der Waals surface area (Å²) >= 11 is 0. The molecule has 1 unspecified atom stereocenters. The first-order valence-corrected chi connectivity index (χ1v) is 6.46. The van der Waals surface area contributed by atoms with Gasteiger partial charge in [-0.05, 0) is 19.4 Å². The van der Waals surface area contributed by atoms with E-state index in [1.165, 1.54) is 6.42 Å². The van der Waals surface area contributed by atoms with E-state index in [0.717, 1.165) is 19.4 Å². The van der Waals surface area contributed by atoms with Crippen LogP contribution in [0, 0.1) is 0 Å². The third-order valence-corrected chi connectivity index (χ3v) is 3.65. The van der Waals surface area contributed by atoms with Gasteiger partial charge in [0.2, 0.25) is 11.8 Å². The van der Waals surface area contributed by atoms with E-state index in [0.29, 0.717) is 26.2 Å². The molecular weight excluding hydrogens is 218 g/mol. The van der Waals surface area contributed by atoms with Crippen LogP contribution < -0.4 is 5.32 Å². The molecular formula is C12H21N3O2. The fourth-order valence-electron chi connectivity index (χ4n) is 2.52. The van der Waals surface area contributed by atoms with E-state index >= 15 is 0 Å². The smallest absolute Gasteiger partial charge is 0.239 e. The predicted octanol–water partition coefficient (Wildman–Crippen LogP) is -0.181. The van der Waals surface area contributed by atoms with Gasteiger partial charge in [0.05, 0.1) is 6.04 Å². The van der Waals surface area contributed by atoms with Crippen LogP contribution in [-0.4, -0.2) is 60.4 Å². The van der Waals surface area contributed by atoms with E-state index in [4.69, 9.17) is 0 Å². The third-order valence-electron chi connectivity index (χ3n) is 3.65. The number of nitrogens with zero attached hydrogens (tertiary/aromatic N) is 2. The second kappa shape index (κ2) is 5.49. The van der Waals surface area contributed by atoms with Crippen molar-refractivity contribution in [3.63, 3.8) is 0 Å². The Kier molecular flexibility index (Phi) is 3.99. The van der Waals surface area contributed by atoms with Crippen molar-refractivity contribution in [1.82, 2.24) is 15.1 Å². The van der Waals surface area contributed by atoms with E-state index < -0.39 is 0 Å². The maximum absolute atomic E-state index is 12.2. The van der Waals surface area contributed by atoms with Crippen LogP contribution in [0.1, 0.15) is 26.2 Å². The molecule has 0 bridgehead atoms. The van der Waals surface area contributed by atoms with Crippen molar-refractivity contribution >= 4 is 11.8 Å². The summed E-state index contributed by atoms with van der Waals surface area (Å²) in [5.41, 5.74) is 0. The number of hydrogen-bond acceptors (Lipinski definition) is 3. The second-order valence-corrected chi connectivity index (χ2v) is 4.83. The van der Waals surface area contributed by atoms with Crippen molar-refractivity contribution in [1.29, 1.82) is 0 Å². The highest BCUT2D eigenvalue weighted by Crippen LogP contribution is 2.11. The minimum absolute atomic E-state index is 0.00706.